The summed E-state index contributed by atoms with van der Waals surface area (Å²) in [6, 6.07) is -0.635. The first-order valence-electron chi connectivity index (χ1n) is 8.75. The lowest BCUT2D eigenvalue weighted by Gasteiger charge is -2.36. The van der Waals surface area contributed by atoms with Gasteiger partial charge in [-0.05, 0) is 73.1 Å². The van der Waals surface area contributed by atoms with E-state index in [-0.39, 0.29) is 23.3 Å². The number of ether oxygens (including phenoxy) is 2. The van der Waals surface area contributed by atoms with Crippen molar-refractivity contribution in [1.29, 1.82) is 0 Å². The van der Waals surface area contributed by atoms with E-state index in [2.05, 4.69) is 0 Å². The molecule has 4 atom stereocenters. The van der Waals surface area contributed by atoms with Gasteiger partial charge in [0.1, 0.15) is 17.2 Å². The number of carbonyl (C=O) groups excluding carboxylic acids is 2. The second-order valence-corrected chi connectivity index (χ2v) is 9.53. The topological polar surface area (TPSA) is 55.8 Å². The Morgan fingerprint density at radius 3 is 2.08 bits per heavy atom. The molecule has 0 N–H and O–H groups in total. The first-order valence-corrected chi connectivity index (χ1v) is 9.19. The van der Waals surface area contributed by atoms with Crippen molar-refractivity contribution in [3.05, 3.63) is 0 Å². The molecule has 2 fully saturated rings. The molecule has 2 rings (SSSR count). The highest BCUT2D eigenvalue weighted by Crippen LogP contribution is 2.42. The van der Waals surface area contributed by atoms with Crippen molar-refractivity contribution in [2.45, 2.75) is 95.9 Å². The number of alkyl halides is 1. The Hall–Kier alpha value is -0.970. The van der Waals surface area contributed by atoms with Gasteiger partial charge in [-0.3, -0.25) is 4.90 Å². The number of carbonyl (C=O) groups is 2. The number of nitrogens with zero attached hydrogens (tertiary/aromatic N) is 1. The van der Waals surface area contributed by atoms with Crippen molar-refractivity contribution < 1.29 is 19.1 Å². The lowest BCUT2D eigenvalue weighted by Crippen LogP contribution is -2.50. The summed E-state index contributed by atoms with van der Waals surface area (Å²) >= 11 is 6.33. The fourth-order valence-electron chi connectivity index (χ4n) is 3.56. The fourth-order valence-corrected chi connectivity index (χ4v) is 3.87. The van der Waals surface area contributed by atoms with Crippen LogP contribution in [0.5, 0.6) is 0 Å². The van der Waals surface area contributed by atoms with E-state index in [1.165, 1.54) is 0 Å². The van der Waals surface area contributed by atoms with Crippen LogP contribution in [-0.2, 0) is 14.3 Å². The maximum absolute atomic E-state index is 12.8. The maximum atomic E-state index is 12.8. The Labute approximate surface area is 150 Å². The van der Waals surface area contributed by atoms with Gasteiger partial charge >= 0.3 is 12.1 Å². The van der Waals surface area contributed by atoms with Crippen LogP contribution in [0.1, 0.15) is 67.2 Å². The number of amides is 1. The molecule has 0 aromatic carbocycles. The van der Waals surface area contributed by atoms with E-state index in [9.17, 15) is 9.59 Å². The second kappa shape index (κ2) is 6.74. The minimum absolute atomic E-state index is 0.0357. The van der Waals surface area contributed by atoms with Crippen molar-refractivity contribution >= 4 is 23.7 Å². The molecule has 1 heterocycles. The van der Waals surface area contributed by atoms with Crippen LogP contribution in [0.2, 0.25) is 0 Å². The molecular weight excluding hydrogens is 330 g/mol. The Morgan fingerprint density at radius 2 is 1.54 bits per heavy atom. The minimum Gasteiger partial charge on any atom is -0.458 e. The SMILES string of the molecule is CC(C)(C)OC(=O)[C@@H]1C[C@@H]2CC[C@H](Cl)C[C@@H]2N1C(=O)OC(C)(C)C. The Bertz CT molecular complexity index is 494. The second-order valence-electron chi connectivity index (χ2n) is 8.91. The normalized spacial score (nSPS) is 30.7. The lowest BCUT2D eigenvalue weighted by atomic mass is 9.84. The molecule has 0 aromatic heterocycles. The van der Waals surface area contributed by atoms with Crippen LogP contribution < -0.4 is 0 Å². The molecule has 6 heteroatoms. The highest BCUT2D eigenvalue weighted by molar-refractivity contribution is 6.20. The van der Waals surface area contributed by atoms with Crippen molar-refractivity contribution in [2.24, 2.45) is 5.92 Å². The predicted molar refractivity (Wildman–Crippen MR) is 93.1 cm³/mol. The van der Waals surface area contributed by atoms with Crippen LogP contribution in [0, 0.1) is 5.92 Å². The molecule has 0 unspecified atom stereocenters. The summed E-state index contributed by atoms with van der Waals surface area (Å²) in [7, 11) is 0. The van der Waals surface area contributed by atoms with E-state index in [0.29, 0.717) is 12.8 Å². The number of rotatable bonds is 1. The number of likely N-dealkylation sites (tertiary alicyclic amines) is 1. The van der Waals surface area contributed by atoms with E-state index in [1.54, 1.807) is 4.90 Å². The molecule has 5 nitrogen and oxygen atoms in total. The first-order chi connectivity index (χ1) is 10.9. The van der Waals surface area contributed by atoms with Crippen LogP contribution in [-0.4, -0.2) is 45.6 Å². The molecule has 0 bridgehead atoms. The summed E-state index contributed by atoms with van der Waals surface area (Å²) in [4.78, 5) is 27.0. The van der Waals surface area contributed by atoms with Gasteiger partial charge in [0.05, 0.1) is 0 Å². The average Bonchev–Trinajstić information content (AvgIpc) is 2.73. The first kappa shape index (κ1) is 19.4. The van der Waals surface area contributed by atoms with E-state index < -0.39 is 23.3 Å². The molecule has 0 aromatic rings. The van der Waals surface area contributed by atoms with E-state index in [1.807, 2.05) is 41.5 Å². The highest BCUT2D eigenvalue weighted by Gasteiger charge is 2.51. The zero-order valence-electron chi connectivity index (χ0n) is 15.6. The molecule has 2 aliphatic rings. The molecular formula is C18H30ClNO4. The van der Waals surface area contributed by atoms with Crippen LogP contribution in [0.25, 0.3) is 0 Å². The van der Waals surface area contributed by atoms with E-state index in [4.69, 9.17) is 21.1 Å². The van der Waals surface area contributed by atoms with Crippen molar-refractivity contribution in [2.75, 3.05) is 0 Å². The number of hydrogen-bond donors (Lipinski definition) is 0. The van der Waals surface area contributed by atoms with Gasteiger partial charge in [0.2, 0.25) is 0 Å². The summed E-state index contributed by atoms with van der Waals surface area (Å²) in [5, 5.41) is 0.0357. The van der Waals surface area contributed by atoms with Gasteiger partial charge in [-0.1, -0.05) is 0 Å². The van der Waals surface area contributed by atoms with Gasteiger partial charge < -0.3 is 9.47 Å². The highest BCUT2D eigenvalue weighted by atomic mass is 35.5. The summed E-state index contributed by atoms with van der Waals surface area (Å²) in [5.41, 5.74) is -1.19. The standard InChI is InChI=1S/C18H30ClNO4/c1-17(2,3)23-15(21)14-9-11-7-8-12(19)10-13(11)20(14)16(22)24-18(4,5)6/h11-14H,7-10H2,1-6H3/t11-,12-,13-,14-/m0/s1. The number of esters is 1. The third-order valence-corrected chi connectivity index (χ3v) is 4.79. The number of fused-ring (bicyclic) bond motifs is 1. The molecule has 24 heavy (non-hydrogen) atoms. The average molecular weight is 360 g/mol. The molecule has 1 saturated heterocycles. The van der Waals surface area contributed by atoms with Crippen molar-refractivity contribution in [1.82, 2.24) is 4.90 Å². The number of halogens is 1. The quantitative estimate of drug-likeness (QED) is 0.522. The van der Waals surface area contributed by atoms with Crippen LogP contribution >= 0.6 is 11.6 Å². The predicted octanol–water partition coefficient (Wildman–Crippen LogP) is 4.11. The maximum Gasteiger partial charge on any atom is 0.411 e. The summed E-state index contributed by atoms with van der Waals surface area (Å²) < 4.78 is 11.1. The Kier molecular flexibility index (Phi) is 5.43. The smallest absolute Gasteiger partial charge is 0.411 e. The molecule has 0 radical (unpaired) electrons. The molecule has 1 aliphatic heterocycles. The molecule has 0 spiro atoms. The van der Waals surface area contributed by atoms with Gasteiger partial charge in [-0.25, -0.2) is 9.59 Å². The zero-order chi connectivity index (χ0) is 18.3. The molecule has 138 valence electrons. The third kappa shape index (κ3) is 4.78. The Morgan fingerprint density at radius 1 is 0.958 bits per heavy atom. The van der Waals surface area contributed by atoms with Crippen LogP contribution in [0.15, 0.2) is 0 Å². The van der Waals surface area contributed by atoms with Gasteiger partial charge in [0.25, 0.3) is 0 Å². The molecule has 1 aliphatic carbocycles. The monoisotopic (exact) mass is 359 g/mol. The van der Waals surface area contributed by atoms with E-state index >= 15 is 0 Å². The Balaban J connectivity index is 2.23. The van der Waals surface area contributed by atoms with Crippen LogP contribution in [0.4, 0.5) is 4.79 Å². The number of hydrogen-bond acceptors (Lipinski definition) is 4. The van der Waals surface area contributed by atoms with Crippen molar-refractivity contribution in [3.63, 3.8) is 0 Å². The minimum atomic E-state index is -0.608. The third-order valence-electron chi connectivity index (χ3n) is 4.39. The van der Waals surface area contributed by atoms with Gasteiger partial charge in [-0.2, -0.15) is 0 Å². The van der Waals surface area contributed by atoms with Gasteiger partial charge in [0, 0.05) is 11.4 Å². The fraction of sp³-hybridized carbons (Fsp3) is 0.889. The zero-order valence-corrected chi connectivity index (χ0v) is 16.4. The molecule has 1 amide bonds. The molecule has 1 saturated carbocycles. The van der Waals surface area contributed by atoms with Gasteiger partial charge in [-0.15, -0.1) is 11.6 Å². The van der Waals surface area contributed by atoms with Gasteiger partial charge in [0.15, 0.2) is 0 Å². The van der Waals surface area contributed by atoms with Crippen molar-refractivity contribution in [3.8, 4) is 0 Å². The largest absolute Gasteiger partial charge is 0.458 e. The van der Waals surface area contributed by atoms with Crippen LogP contribution in [0.3, 0.4) is 0 Å². The lowest BCUT2D eigenvalue weighted by molar-refractivity contribution is -0.160. The summed E-state index contributed by atoms with van der Waals surface area (Å²) in [6.45, 7) is 11.0. The van der Waals surface area contributed by atoms with E-state index in [0.717, 1.165) is 12.8 Å². The summed E-state index contributed by atoms with van der Waals surface area (Å²) in [6.07, 6.45) is 2.73. The summed E-state index contributed by atoms with van der Waals surface area (Å²) in [5.74, 6) is -0.0704.